The average Bonchev–Trinajstić information content (AvgIpc) is 2.30. The molecule has 1 aliphatic carbocycles. The Labute approximate surface area is 104 Å². The van der Waals surface area contributed by atoms with Crippen LogP contribution in [0.4, 0.5) is 0 Å². The van der Waals surface area contributed by atoms with Gasteiger partial charge in [-0.1, -0.05) is 52.9 Å². The zero-order chi connectivity index (χ0) is 12.0. The second-order valence-electron chi connectivity index (χ2n) is 5.51. The molecule has 0 saturated heterocycles. The summed E-state index contributed by atoms with van der Waals surface area (Å²) in [7, 11) is -0.576. The summed E-state index contributed by atoms with van der Waals surface area (Å²) < 4.78 is 12.6. The van der Waals surface area contributed by atoms with E-state index < -0.39 is 10.8 Å². The predicted octanol–water partition coefficient (Wildman–Crippen LogP) is 4.28. The monoisotopic (exact) mass is 244 g/mol. The van der Waals surface area contributed by atoms with Gasteiger partial charge in [0.2, 0.25) is 0 Å². The van der Waals surface area contributed by atoms with Crippen LogP contribution in [0.25, 0.3) is 0 Å². The van der Waals surface area contributed by atoms with Crippen LogP contribution >= 0.6 is 0 Å². The van der Waals surface area contributed by atoms with Gasteiger partial charge in [0.15, 0.2) is 0 Å². The highest BCUT2D eigenvalue weighted by Gasteiger charge is 2.28. The maximum atomic E-state index is 12.6. The van der Waals surface area contributed by atoms with Crippen LogP contribution in [0.2, 0.25) is 0 Å². The second-order valence-corrected chi connectivity index (χ2v) is 7.44. The first kappa shape index (κ1) is 14.2. The standard InChI is InChI=1S/C14H28OS/c1-4-5-11-14(12(2)3)16(15)13-9-7-6-8-10-13/h12-14H,4-11H2,1-3H3. The van der Waals surface area contributed by atoms with Gasteiger partial charge in [0.25, 0.3) is 0 Å². The SMILES string of the molecule is CCCCC(C(C)C)S(=O)C1CCCCC1. The molecule has 1 aliphatic rings. The Balaban J connectivity index is 2.51. The summed E-state index contributed by atoms with van der Waals surface area (Å²) in [5.74, 6) is 0.578. The molecule has 0 N–H and O–H groups in total. The van der Waals surface area contributed by atoms with Crippen LogP contribution in [0.5, 0.6) is 0 Å². The zero-order valence-corrected chi connectivity index (χ0v) is 12.0. The summed E-state index contributed by atoms with van der Waals surface area (Å²) in [4.78, 5) is 0. The molecule has 2 atom stereocenters. The quantitative estimate of drug-likeness (QED) is 0.681. The number of hydrogen-bond acceptors (Lipinski definition) is 1. The van der Waals surface area contributed by atoms with Crippen molar-refractivity contribution in [3.05, 3.63) is 0 Å². The molecule has 0 aromatic heterocycles. The Morgan fingerprint density at radius 3 is 2.31 bits per heavy atom. The number of unbranched alkanes of at least 4 members (excludes halogenated alkanes) is 1. The highest BCUT2D eigenvalue weighted by atomic mass is 32.2. The Hall–Kier alpha value is 0.150. The fraction of sp³-hybridized carbons (Fsp3) is 1.00. The lowest BCUT2D eigenvalue weighted by Gasteiger charge is -2.28. The van der Waals surface area contributed by atoms with Crippen molar-refractivity contribution in [1.29, 1.82) is 0 Å². The highest BCUT2D eigenvalue weighted by molar-refractivity contribution is 7.86. The molecule has 0 bridgehead atoms. The van der Waals surface area contributed by atoms with Crippen LogP contribution in [0, 0.1) is 5.92 Å². The van der Waals surface area contributed by atoms with Crippen LogP contribution in [0.15, 0.2) is 0 Å². The minimum atomic E-state index is -0.576. The summed E-state index contributed by atoms with van der Waals surface area (Å²) in [6, 6.07) is 0. The van der Waals surface area contributed by atoms with E-state index in [1.54, 1.807) is 0 Å². The van der Waals surface area contributed by atoms with Gasteiger partial charge >= 0.3 is 0 Å². The van der Waals surface area contributed by atoms with E-state index in [1.165, 1.54) is 44.9 Å². The Bertz CT molecular complexity index is 207. The van der Waals surface area contributed by atoms with E-state index in [2.05, 4.69) is 20.8 Å². The molecule has 1 nitrogen and oxygen atoms in total. The van der Waals surface area contributed by atoms with Crippen molar-refractivity contribution in [3.63, 3.8) is 0 Å². The summed E-state index contributed by atoms with van der Waals surface area (Å²) in [5, 5.41) is 0.959. The van der Waals surface area contributed by atoms with Gasteiger partial charge in [-0.3, -0.25) is 4.21 Å². The summed E-state index contributed by atoms with van der Waals surface area (Å²) in [5.41, 5.74) is 0. The molecule has 0 aliphatic heterocycles. The molecule has 0 spiro atoms. The average molecular weight is 244 g/mol. The minimum absolute atomic E-state index is 0.447. The molecular formula is C14H28OS. The lowest BCUT2D eigenvalue weighted by atomic mass is 10.0. The van der Waals surface area contributed by atoms with Crippen molar-refractivity contribution >= 4 is 10.8 Å². The molecule has 1 fully saturated rings. The second kappa shape index (κ2) is 7.47. The van der Waals surface area contributed by atoms with Crippen molar-refractivity contribution in [3.8, 4) is 0 Å². The van der Waals surface area contributed by atoms with E-state index in [0.717, 1.165) is 6.42 Å². The fourth-order valence-corrected chi connectivity index (χ4v) is 4.90. The van der Waals surface area contributed by atoms with Gasteiger partial charge in [-0.05, 0) is 25.2 Å². The lowest BCUT2D eigenvalue weighted by Crippen LogP contribution is -2.31. The maximum absolute atomic E-state index is 12.6. The normalized spacial score (nSPS) is 22.2. The van der Waals surface area contributed by atoms with E-state index in [9.17, 15) is 4.21 Å². The Kier molecular flexibility index (Phi) is 6.64. The van der Waals surface area contributed by atoms with Gasteiger partial charge < -0.3 is 0 Å². The fourth-order valence-electron chi connectivity index (χ4n) is 2.67. The van der Waals surface area contributed by atoms with Crippen LogP contribution in [0.3, 0.4) is 0 Å². The molecule has 0 aromatic carbocycles. The summed E-state index contributed by atoms with van der Waals surface area (Å²) >= 11 is 0. The van der Waals surface area contributed by atoms with Crippen molar-refractivity contribution in [2.45, 2.75) is 82.6 Å². The molecule has 1 rings (SSSR count). The van der Waals surface area contributed by atoms with Crippen molar-refractivity contribution in [2.75, 3.05) is 0 Å². The van der Waals surface area contributed by atoms with Crippen molar-refractivity contribution in [2.24, 2.45) is 5.92 Å². The van der Waals surface area contributed by atoms with Crippen LogP contribution in [-0.2, 0) is 10.8 Å². The first-order valence-electron chi connectivity index (χ1n) is 7.06. The Morgan fingerprint density at radius 1 is 1.19 bits per heavy atom. The summed E-state index contributed by atoms with van der Waals surface area (Å²) in [6.45, 7) is 6.70. The van der Waals surface area contributed by atoms with E-state index >= 15 is 0 Å². The van der Waals surface area contributed by atoms with Gasteiger partial charge in [0, 0.05) is 21.3 Å². The number of rotatable bonds is 6. The smallest absolute Gasteiger partial charge is 0.0373 e. The highest BCUT2D eigenvalue weighted by Crippen LogP contribution is 2.28. The largest absolute Gasteiger partial charge is 0.259 e. The minimum Gasteiger partial charge on any atom is -0.259 e. The first-order valence-corrected chi connectivity index (χ1v) is 8.33. The van der Waals surface area contributed by atoms with Gasteiger partial charge in [-0.2, -0.15) is 0 Å². The third-order valence-corrected chi connectivity index (χ3v) is 6.27. The van der Waals surface area contributed by atoms with Gasteiger partial charge in [-0.25, -0.2) is 0 Å². The van der Waals surface area contributed by atoms with Gasteiger partial charge in [0.1, 0.15) is 0 Å². The van der Waals surface area contributed by atoms with E-state index in [1.807, 2.05) is 0 Å². The molecular weight excluding hydrogens is 216 g/mol. The molecule has 0 amide bonds. The van der Waals surface area contributed by atoms with Crippen molar-refractivity contribution in [1.82, 2.24) is 0 Å². The molecule has 0 heterocycles. The van der Waals surface area contributed by atoms with E-state index in [4.69, 9.17) is 0 Å². The summed E-state index contributed by atoms with van der Waals surface area (Å²) in [6.07, 6.45) is 10.0. The first-order chi connectivity index (χ1) is 7.66. The predicted molar refractivity (Wildman–Crippen MR) is 73.2 cm³/mol. The molecule has 0 radical (unpaired) electrons. The Morgan fingerprint density at radius 2 is 1.81 bits per heavy atom. The van der Waals surface area contributed by atoms with Crippen LogP contribution in [0.1, 0.15) is 72.1 Å². The molecule has 96 valence electrons. The molecule has 1 saturated carbocycles. The zero-order valence-electron chi connectivity index (χ0n) is 11.2. The number of hydrogen-bond donors (Lipinski definition) is 0. The third-order valence-electron chi connectivity index (χ3n) is 3.76. The molecule has 16 heavy (non-hydrogen) atoms. The lowest BCUT2D eigenvalue weighted by molar-refractivity contribution is 0.483. The van der Waals surface area contributed by atoms with E-state index in [0.29, 0.717) is 16.4 Å². The molecule has 0 aromatic rings. The topological polar surface area (TPSA) is 17.1 Å². The molecule has 2 heteroatoms. The molecule has 2 unspecified atom stereocenters. The van der Waals surface area contributed by atoms with Gasteiger partial charge in [-0.15, -0.1) is 0 Å². The maximum Gasteiger partial charge on any atom is 0.0373 e. The van der Waals surface area contributed by atoms with Gasteiger partial charge in [0.05, 0.1) is 0 Å². The van der Waals surface area contributed by atoms with Crippen LogP contribution < -0.4 is 0 Å². The van der Waals surface area contributed by atoms with E-state index in [-0.39, 0.29) is 0 Å². The van der Waals surface area contributed by atoms with Crippen LogP contribution in [-0.4, -0.2) is 14.7 Å². The van der Waals surface area contributed by atoms with Crippen molar-refractivity contribution < 1.29 is 4.21 Å². The third kappa shape index (κ3) is 4.20.